The first-order valence-corrected chi connectivity index (χ1v) is 7.12. The van der Waals surface area contributed by atoms with E-state index < -0.39 is 0 Å². The molecule has 18 heavy (non-hydrogen) atoms. The SMILES string of the molecule is CC(N)C1CCCCC1c1ccc(N(C)C)cc1. The lowest BCUT2D eigenvalue weighted by molar-refractivity contribution is 0.271. The number of benzene rings is 1. The van der Waals surface area contributed by atoms with Gasteiger partial charge in [-0.05, 0) is 49.3 Å². The number of hydrogen-bond donors (Lipinski definition) is 1. The van der Waals surface area contributed by atoms with Gasteiger partial charge < -0.3 is 10.6 Å². The van der Waals surface area contributed by atoms with Gasteiger partial charge in [-0.2, -0.15) is 0 Å². The second-order valence-corrected chi connectivity index (χ2v) is 5.90. The molecule has 1 aromatic carbocycles. The molecule has 1 saturated carbocycles. The molecule has 0 heterocycles. The number of hydrogen-bond acceptors (Lipinski definition) is 2. The third-order valence-electron chi connectivity index (χ3n) is 4.33. The lowest BCUT2D eigenvalue weighted by Crippen LogP contribution is -2.33. The Labute approximate surface area is 111 Å². The Morgan fingerprint density at radius 3 is 2.28 bits per heavy atom. The normalized spacial score (nSPS) is 25.8. The second-order valence-electron chi connectivity index (χ2n) is 5.90. The molecule has 0 spiro atoms. The van der Waals surface area contributed by atoms with Gasteiger partial charge in [-0.1, -0.05) is 25.0 Å². The largest absolute Gasteiger partial charge is 0.378 e. The maximum Gasteiger partial charge on any atom is 0.0361 e. The third kappa shape index (κ3) is 2.86. The zero-order valence-corrected chi connectivity index (χ0v) is 11.9. The van der Waals surface area contributed by atoms with Gasteiger partial charge in [0.2, 0.25) is 0 Å². The highest BCUT2D eigenvalue weighted by Gasteiger charge is 2.28. The smallest absolute Gasteiger partial charge is 0.0361 e. The van der Waals surface area contributed by atoms with Crippen LogP contribution in [0.25, 0.3) is 0 Å². The lowest BCUT2D eigenvalue weighted by atomic mass is 9.72. The molecule has 0 saturated heterocycles. The molecule has 1 fully saturated rings. The Morgan fingerprint density at radius 1 is 1.11 bits per heavy atom. The number of anilines is 1. The third-order valence-corrected chi connectivity index (χ3v) is 4.33. The number of rotatable bonds is 3. The van der Waals surface area contributed by atoms with Crippen molar-refractivity contribution < 1.29 is 0 Å². The maximum absolute atomic E-state index is 6.16. The van der Waals surface area contributed by atoms with Gasteiger partial charge in [-0.15, -0.1) is 0 Å². The molecule has 0 aliphatic heterocycles. The molecule has 100 valence electrons. The van der Waals surface area contributed by atoms with Crippen molar-refractivity contribution in [2.24, 2.45) is 11.7 Å². The first kappa shape index (κ1) is 13.4. The van der Waals surface area contributed by atoms with Crippen LogP contribution in [-0.2, 0) is 0 Å². The predicted octanol–water partition coefficient (Wildman–Crippen LogP) is 3.37. The van der Waals surface area contributed by atoms with Gasteiger partial charge in [0, 0.05) is 25.8 Å². The monoisotopic (exact) mass is 246 g/mol. The van der Waals surface area contributed by atoms with Crippen LogP contribution in [0.15, 0.2) is 24.3 Å². The molecular formula is C16H26N2. The van der Waals surface area contributed by atoms with Crippen LogP contribution in [0.4, 0.5) is 5.69 Å². The van der Waals surface area contributed by atoms with Crippen molar-refractivity contribution in [1.29, 1.82) is 0 Å². The zero-order valence-electron chi connectivity index (χ0n) is 11.9. The highest BCUT2D eigenvalue weighted by Crippen LogP contribution is 2.39. The minimum Gasteiger partial charge on any atom is -0.378 e. The molecule has 1 aliphatic rings. The summed E-state index contributed by atoms with van der Waals surface area (Å²) in [4.78, 5) is 2.15. The van der Waals surface area contributed by atoms with Crippen molar-refractivity contribution in [3.8, 4) is 0 Å². The van der Waals surface area contributed by atoms with Crippen molar-refractivity contribution in [3.63, 3.8) is 0 Å². The molecule has 0 aromatic heterocycles. The molecule has 2 N–H and O–H groups in total. The summed E-state index contributed by atoms with van der Waals surface area (Å²) < 4.78 is 0. The average molecular weight is 246 g/mol. The van der Waals surface area contributed by atoms with Crippen LogP contribution in [0.5, 0.6) is 0 Å². The van der Waals surface area contributed by atoms with Gasteiger partial charge in [0.25, 0.3) is 0 Å². The highest BCUT2D eigenvalue weighted by atomic mass is 15.1. The number of nitrogens with two attached hydrogens (primary N) is 1. The van der Waals surface area contributed by atoms with Crippen LogP contribution in [0, 0.1) is 5.92 Å². The summed E-state index contributed by atoms with van der Waals surface area (Å²) in [6.45, 7) is 2.16. The second kappa shape index (κ2) is 5.75. The molecule has 2 heteroatoms. The van der Waals surface area contributed by atoms with E-state index in [1.165, 1.54) is 36.9 Å². The van der Waals surface area contributed by atoms with Crippen LogP contribution in [0.1, 0.15) is 44.1 Å². The Balaban J connectivity index is 2.18. The molecule has 0 bridgehead atoms. The van der Waals surface area contributed by atoms with Gasteiger partial charge in [-0.3, -0.25) is 0 Å². The van der Waals surface area contributed by atoms with E-state index in [1.54, 1.807) is 0 Å². The van der Waals surface area contributed by atoms with E-state index in [-0.39, 0.29) is 0 Å². The van der Waals surface area contributed by atoms with Crippen molar-refractivity contribution in [2.75, 3.05) is 19.0 Å². The van der Waals surface area contributed by atoms with E-state index in [9.17, 15) is 0 Å². The van der Waals surface area contributed by atoms with Crippen molar-refractivity contribution in [3.05, 3.63) is 29.8 Å². The quantitative estimate of drug-likeness (QED) is 0.886. The fourth-order valence-corrected chi connectivity index (χ4v) is 3.22. The first-order valence-electron chi connectivity index (χ1n) is 7.12. The minimum atomic E-state index is 0.309. The summed E-state index contributed by atoms with van der Waals surface area (Å²) in [5.41, 5.74) is 8.91. The summed E-state index contributed by atoms with van der Waals surface area (Å²) in [5.74, 6) is 1.32. The van der Waals surface area contributed by atoms with E-state index in [2.05, 4.69) is 50.2 Å². The van der Waals surface area contributed by atoms with E-state index in [0.717, 1.165) is 0 Å². The van der Waals surface area contributed by atoms with E-state index in [4.69, 9.17) is 5.73 Å². The van der Waals surface area contributed by atoms with Gasteiger partial charge in [-0.25, -0.2) is 0 Å². The van der Waals surface area contributed by atoms with Crippen LogP contribution in [-0.4, -0.2) is 20.1 Å². The molecule has 1 aliphatic carbocycles. The molecule has 1 aromatic rings. The topological polar surface area (TPSA) is 29.3 Å². The molecular weight excluding hydrogens is 220 g/mol. The van der Waals surface area contributed by atoms with Crippen LogP contribution in [0.2, 0.25) is 0 Å². The highest BCUT2D eigenvalue weighted by molar-refractivity contribution is 5.46. The Kier molecular flexibility index (Phi) is 4.28. The fraction of sp³-hybridized carbons (Fsp3) is 0.625. The molecule has 0 amide bonds. The lowest BCUT2D eigenvalue weighted by Gasteiger charge is -2.34. The Hall–Kier alpha value is -1.02. The van der Waals surface area contributed by atoms with Crippen LogP contribution < -0.4 is 10.6 Å². The van der Waals surface area contributed by atoms with Crippen LogP contribution in [0.3, 0.4) is 0 Å². The summed E-state index contributed by atoms with van der Waals surface area (Å²) in [6, 6.07) is 9.34. The molecule has 2 rings (SSSR count). The Morgan fingerprint density at radius 2 is 1.72 bits per heavy atom. The van der Waals surface area contributed by atoms with Crippen molar-refractivity contribution in [2.45, 2.75) is 44.6 Å². The molecule has 3 unspecified atom stereocenters. The number of nitrogens with zero attached hydrogens (tertiary/aromatic N) is 1. The Bertz CT molecular complexity index is 367. The summed E-state index contributed by atoms with van der Waals surface area (Å²) in [6.07, 6.45) is 5.28. The van der Waals surface area contributed by atoms with Gasteiger partial charge in [0.1, 0.15) is 0 Å². The van der Waals surface area contributed by atoms with Gasteiger partial charge in [0.05, 0.1) is 0 Å². The summed E-state index contributed by atoms with van der Waals surface area (Å²) >= 11 is 0. The van der Waals surface area contributed by atoms with E-state index in [0.29, 0.717) is 17.9 Å². The van der Waals surface area contributed by atoms with Crippen molar-refractivity contribution >= 4 is 5.69 Å². The zero-order chi connectivity index (χ0) is 13.1. The van der Waals surface area contributed by atoms with Gasteiger partial charge >= 0.3 is 0 Å². The van der Waals surface area contributed by atoms with E-state index in [1.807, 2.05) is 0 Å². The summed E-state index contributed by atoms with van der Waals surface area (Å²) in [7, 11) is 4.17. The summed E-state index contributed by atoms with van der Waals surface area (Å²) in [5, 5.41) is 0. The predicted molar refractivity (Wildman–Crippen MR) is 79.1 cm³/mol. The maximum atomic E-state index is 6.16. The van der Waals surface area contributed by atoms with Gasteiger partial charge in [0.15, 0.2) is 0 Å². The first-order chi connectivity index (χ1) is 8.59. The van der Waals surface area contributed by atoms with E-state index >= 15 is 0 Å². The van der Waals surface area contributed by atoms with Crippen molar-refractivity contribution in [1.82, 2.24) is 0 Å². The average Bonchev–Trinajstić information content (AvgIpc) is 2.39. The molecule has 2 nitrogen and oxygen atoms in total. The molecule has 3 atom stereocenters. The minimum absolute atomic E-state index is 0.309. The van der Waals surface area contributed by atoms with Crippen LogP contribution >= 0.6 is 0 Å². The fourth-order valence-electron chi connectivity index (χ4n) is 3.22. The standard InChI is InChI=1S/C16H26N2/c1-12(17)15-6-4-5-7-16(15)13-8-10-14(11-9-13)18(2)3/h8-12,15-16H,4-7,17H2,1-3H3. The molecule has 0 radical (unpaired) electrons.